The smallest absolute Gasteiger partial charge is 0.337 e. The van der Waals surface area contributed by atoms with Crippen LogP contribution in [0.3, 0.4) is 0 Å². The number of aliphatic hydroxyl groups is 1. The second-order valence-corrected chi connectivity index (χ2v) is 12.0. The van der Waals surface area contributed by atoms with E-state index in [1.54, 1.807) is 6.07 Å². The number of carbonyl (C=O) groups is 2. The highest BCUT2D eigenvalue weighted by molar-refractivity contribution is 5.89. The fourth-order valence-electron chi connectivity index (χ4n) is 6.26. The molecule has 5 rings (SSSR count). The fraction of sp³-hybridized carbons (Fsp3) is 0.238. The van der Waals surface area contributed by atoms with Gasteiger partial charge in [-0.15, -0.1) is 0 Å². The highest BCUT2D eigenvalue weighted by Crippen LogP contribution is 2.41. The largest absolute Gasteiger partial charge is 0.481 e. The van der Waals surface area contributed by atoms with E-state index in [4.69, 9.17) is 9.47 Å². The molecule has 0 aromatic heterocycles. The number of ether oxygens (including phenoxy) is 2. The Bertz CT molecular complexity index is 1660. The number of hydrogen-bond donors (Lipinski definition) is 2. The first-order valence-electron chi connectivity index (χ1n) is 16.4. The van der Waals surface area contributed by atoms with Crippen LogP contribution in [-0.4, -0.2) is 42.0 Å². The van der Waals surface area contributed by atoms with Crippen LogP contribution < -0.4 is 0 Å². The number of aliphatic hydroxyl groups excluding tert-OH is 1. The van der Waals surface area contributed by atoms with Gasteiger partial charge in [-0.25, -0.2) is 4.79 Å². The Morgan fingerprint density at radius 3 is 1.62 bits per heavy atom. The van der Waals surface area contributed by atoms with Crippen LogP contribution in [0, 0.1) is 5.92 Å². The second kappa shape index (κ2) is 16.7. The summed E-state index contributed by atoms with van der Waals surface area (Å²) < 4.78 is 11.6. The number of hydrogen-bond acceptors (Lipinski definition) is 5. The first kappa shape index (κ1) is 34.3. The molecule has 0 unspecified atom stereocenters. The third-order valence-electron chi connectivity index (χ3n) is 8.80. The normalized spacial score (nSPS) is 12.6. The van der Waals surface area contributed by atoms with E-state index in [1.807, 2.05) is 121 Å². The van der Waals surface area contributed by atoms with Crippen LogP contribution in [0.2, 0.25) is 0 Å². The number of benzene rings is 5. The number of aryl methyl sites for hydroxylation is 3. The average molecular weight is 643 g/mol. The number of rotatable bonds is 16. The summed E-state index contributed by atoms with van der Waals surface area (Å²) in [5.41, 5.74) is 5.36. The Hall–Kier alpha value is -5.04. The van der Waals surface area contributed by atoms with E-state index in [2.05, 4.69) is 12.1 Å². The van der Waals surface area contributed by atoms with Crippen LogP contribution in [-0.2, 0) is 39.1 Å². The van der Waals surface area contributed by atoms with Crippen molar-refractivity contribution in [2.24, 2.45) is 5.92 Å². The Morgan fingerprint density at radius 1 is 0.646 bits per heavy atom. The van der Waals surface area contributed by atoms with Crippen molar-refractivity contribution in [3.63, 3.8) is 0 Å². The predicted octanol–water partition coefficient (Wildman–Crippen LogP) is 7.65. The molecule has 0 amide bonds. The molecule has 0 aliphatic heterocycles. The molecular weight excluding hydrogens is 600 g/mol. The molecule has 6 heteroatoms. The zero-order valence-corrected chi connectivity index (χ0v) is 27.2. The van der Waals surface area contributed by atoms with Crippen molar-refractivity contribution in [2.75, 3.05) is 13.7 Å². The maximum atomic E-state index is 12.6. The van der Waals surface area contributed by atoms with Gasteiger partial charge in [-0.1, -0.05) is 127 Å². The SMILES string of the molecule is COC(=O)c1cccc(CCCc2cccc(CC[C@@H](O)[C@@H](COC(c3ccccc3)(c3ccccc3)c3ccccc3)C(=O)O)c2)c1. The number of aliphatic carboxylic acids is 1. The molecule has 0 saturated carbocycles. The fourth-order valence-corrected chi connectivity index (χ4v) is 6.26. The van der Waals surface area contributed by atoms with Crippen molar-refractivity contribution in [1.82, 2.24) is 0 Å². The van der Waals surface area contributed by atoms with Crippen molar-refractivity contribution in [2.45, 2.75) is 43.8 Å². The molecule has 6 nitrogen and oxygen atoms in total. The van der Waals surface area contributed by atoms with Crippen molar-refractivity contribution in [3.8, 4) is 0 Å². The van der Waals surface area contributed by atoms with Crippen LogP contribution in [0.5, 0.6) is 0 Å². The number of carboxylic acids is 1. The lowest BCUT2D eigenvalue weighted by Crippen LogP contribution is -2.39. The summed E-state index contributed by atoms with van der Waals surface area (Å²) in [5, 5.41) is 21.6. The molecule has 48 heavy (non-hydrogen) atoms. The summed E-state index contributed by atoms with van der Waals surface area (Å²) in [5.74, 6) is -2.58. The van der Waals surface area contributed by atoms with E-state index in [1.165, 1.54) is 12.7 Å². The molecule has 0 aliphatic carbocycles. The van der Waals surface area contributed by atoms with E-state index in [0.29, 0.717) is 12.0 Å². The zero-order chi connectivity index (χ0) is 33.8. The van der Waals surface area contributed by atoms with Crippen LogP contribution in [0.15, 0.2) is 140 Å². The lowest BCUT2D eigenvalue weighted by atomic mass is 9.80. The van der Waals surface area contributed by atoms with E-state index in [9.17, 15) is 19.8 Å². The average Bonchev–Trinajstić information content (AvgIpc) is 3.13. The van der Waals surface area contributed by atoms with Gasteiger partial charge in [0.1, 0.15) is 11.5 Å². The first-order valence-corrected chi connectivity index (χ1v) is 16.4. The van der Waals surface area contributed by atoms with Gasteiger partial charge in [0.05, 0.1) is 25.4 Å². The van der Waals surface area contributed by atoms with Gasteiger partial charge in [0, 0.05) is 0 Å². The minimum atomic E-state index is -1.13. The predicted molar refractivity (Wildman–Crippen MR) is 187 cm³/mol. The summed E-state index contributed by atoms with van der Waals surface area (Å²) >= 11 is 0. The molecule has 0 fully saturated rings. The Kier molecular flexibility index (Phi) is 11.9. The van der Waals surface area contributed by atoms with Gasteiger partial charge >= 0.3 is 11.9 Å². The van der Waals surface area contributed by atoms with E-state index in [-0.39, 0.29) is 19.0 Å². The van der Waals surface area contributed by atoms with Gasteiger partial charge in [0.15, 0.2) is 0 Å². The monoisotopic (exact) mass is 642 g/mol. The van der Waals surface area contributed by atoms with Gasteiger partial charge in [-0.2, -0.15) is 0 Å². The molecular formula is C42H42O6. The summed E-state index contributed by atoms with van der Waals surface area (Å²) in [6.07, 6.45) is 2.27. The van der Waals surface area contributed by atoms with Crippen LogP contribution in [0.25, 0.3) is 0 Å². The second-order valence-electron chi connectivity index (χ2n) is 12.0. The van der Waals surface area contributed by atoms with E-state index >= 15 is 0 Å². The standard InChI is InChI=1S/C42H42O6/c1-47-41(46)34-19-13-18-32(29-34)16-11-14-31-15-12-17-33(28-31)26-27-39(43)38(40(44)45)30-48-42(35-20-5-2-6-21-35,36-22-7-3-8-23-36)37-24-9-4-10-25-37/h2-10,12-13,15,17-25,28-29,38-39,43H,11,14,16,26-27,30H2,1H3,(H,44,45)/t38-,39-/m1/s1. The summed E-state index contributed by atoms with van der Waals surface area (Å²) in [6.45, 7) is -0.188. The maximum absolute atomic E-state index is 12.6. The number of methoxy groups -OCH3 is 1. The third kappa shape index (κ3) is 8.45. The molecule has 2 atom stereocenters. The number of carbonyl (C=O) groups excluding carboxylic acids is 1. The van der Waals surface area contributed by atoms with Crippen LogP contribution >= 0.6 is 0 Å². The molecule has 0 spiro atoms. The molecule has 0 radical (unpaired) electrons. The lowest BCUT2D eigenvalue weighted by molar-refractivity contribution is -0.151. The molecule has 5 aromatic rings. The van der Waals surface area contributed by atoms with Crippen LogP contribution in [0.1, 0.15) is 56.6 Å². The van der Waals surface area contributed by atoms with Crippen molar-refractivity contribution in [1.29, 1.82) is 0 Å². The summed E-state index contributed by atoms with van der Waals surface area (Å²) in [4.78, 5) is 24.4. The Labute approximate surface area is 282 Å². The third-order valence-corrected chi connectivity index (χ3v) is 8.80. The number of carboxylic acid groups (broad SMARTS) is 1. The van der Waals surface area contributed by atoms with E-state index < -0.39 is 23.6 Å². The minimum absolute atomic E-state index is 0.188. The molecule has 0 aliphatic rings. The topological polar surface area (TPSA) is 93.1 Å². The highest BCUT2D eigenvalue weighted by Gasteiger charge is 2.40. The van der Waals surface area contributed by atoms with Crippen LogP contribution in [0.4, 0.5) is 0 Å². The molecule has 0 bridgehead atoms. The maximum Gasteiger partial charge on any atom is 0.337 e. The molecule has 0 heterocycles. The lowest BCUT2D eigenvalue weighted by Gasteiger charge is -2.37. The van der Waals surface area contributed by atoms with E-state index in [0.717, 1.165) is 47.1 Å². The molecule has 0 saturated heterocycles. The minimum Gasteiger partial charge on any atom is -0.481 e. The van der Waals surface area contributed by atoms with Gasteiger partial charge in [0.25, 0.3) is 0 Å². The quantitative estimate of drug-likeness (QED) is 0.0849. The highest BCUT2D eigenvalue weighted by atomic mass is 16.5. The van der Waals surface area contributed by atoms with Gasteiger partial charge in [0.2, 0.25) is 0 Å². The van der Waals surface area contributed by atoms with Gasteiger partial charge < -0.3 is 19.7 Å². The molecule has 5 aromatic carbocycles. The summed E-state index contributed by atoms with van der Waals surface area (Å²) in [7, 11) is 1.38. The van der Waals surface area contributed by atoms with Gasteiger partial charge in [-0.05, 0) is 77.6 Å². The molecule has 2 N–H and O–H groups in total. The first-order chi connectivity index (χ1) is 23.4. The van der Waals surface area contributed by atoms with Crippen molar-refractivity contribution in [3.05, 3.63) is 178 Å². The zero-order valence-electron chi connectivity index (χ0n) is 27.2. The summed E-state index contributed by atoms with van der Waals surface area (Å²) in [6, 6.07) is 45.1. The van der Waals surface area contributed by atoms with Crippen molar-refractivity contribution >= 4 is 11.9 Å². The van der Waals surface area contributed by atoms with Crippen molar-refractivity contribution < 1.29 is 29.3 Å². The Morgan fingerprint density at radius 2 is 1.12 bits per heavy atom. The Balaban J connectivity index is 1.26. The number of esters is 1. The van der Waals surface area contributed by atoms with Gasteiger partial charge in [-0.3, -0.25) is 4.79 Å². The molecule has 246 valence electrons.